The maximum Gasteiger partial charge on any atom is 0.124 e. The lowest BCUT2D eigenvalue weighted by Crippen LogP contribution is -2.32. The highest BCUT2D eigenvalue weighted by molar-refractivity contribution is 9.10. The van der Waals surface area contributed by atoms with Crippen molar-refractivity contribution in [3.8, 4) is 5.75 Å². The third kappa shape index (κ3) is 3.97. The first-order valence-corrected chi connectivity index (χ1v) is 7.20. The molecule has 0 saturated carbocycles. The zero-order chi connectivity index (χ0) is 12.8. The molecule has 0 spiro atoms. The van der Waals surface area contributed by atoms with E-state index in [0.29, 0.717) is 12.5 Å². The standard InChI is InChI=1S/C14H20BrNO2/c1-17-14-5-4-13(15)7-12(14)10-18-9-11-3-2-6-16-8-11/h4-5,7,11,16H,2-3,6,8-10H2,1H3. The highest BCUT2D eigenvalue weighted by Gasteiger charge is 2.13. The van der Waals surface area contributed by atoms with Gasteiger partial charge in [0.25, 0.3) is 0 Å². The molecule has 0 amide bonds. The molecule has 1 saturated heterocycles. The quantitative estimate of drug-likeness (QED) is 0.906. The minimum Gasteiger partial charge on any atom is -0.496 e. The summed E-state index contributed by atoms with van der Waals surface area (Å²) in [5.41, 5.74) is 1.09. The monoisotopic (exact) mass is 313 g/mol. The summed E-state index contributed by atoms with van der Waals surface area (Å²) in [7, 11) is 1.69. The molecule has 1 fully saturated rings. The maximum atomic E-state index is 5.82. The van der Waals surface area contributed by atoms with Gasteiger partial charge in [-0.05, 0) is 43.5 Å². The van der Waals surface area contributed by atoms with Gasteiger partial charge in [-0.1, -0.05) is 15.9 Å². The van der Waals surface area contributed by atoms with Crippen LogP contribution in [0.1, 0.15) is 18.4 Å². The van der Waals surface area contributed by atoms with Crippen molar-refractivity contribution in [3.63, 3.8) is 0 Å². The predicted octanol–water partition coefficient (Wildman–Crippen LogP) is 2.97. The number of methoxy groups -OCH3 is 1. The van der Waals surface area contributed by atoms with Crippen LogP contribution in [0.3, 0.4) is 0 Å². The third-order valence-electron chi connectivity index (χ3n) is 3.25. The molecule has 0 radical (unpaired) electrons. The van der Waals surface area contributed by atoms with Crippen molar-refractivity contribution in [1.29, 1.82) is 0 Å². The molecule has 18 heavy (non-hydrogen) atoms. The van der Waals surface area contributed by atoms with E-state index in [2.05, 4.69) is 27.3 Å². The van der Waals surface area contributed by atoms with E-state index in [1.165, 1.54) is 12.8 Å². The summed E-state index contributed by atoms with van der Waals surface area (Å²) in [6, 6.07) is 6.00. The van der Waals surface area contributed by atoms with Crippen LogP contribution >= 0.6 is 15.9 Å². The number of nitrogens with one attached hydrogen (secondary N) is 1. The predicted molar refractivity (Wildman–Crippen MR) is 75.9 cm³/mol. The minimum absolute atomic E-state index is 0.610. The fraction of sp³-hybridized carbons (Fsp3) is 0.571. The number of piperidine rings is 1. The molecule has 1 atom stereocenters. The Balaban J connectivity index is 1.83. The first-order valence-electron chi connectivity index (χ1n) is 6.40. The van der Waals surface area contributed by atoms with Gasteiger partial charge < -0.3 is 14.8 Å². The van der Waals surface area contributed by atoms with Crippen molar-refractivity contribution in [2.24, 2.45) is 5.92 Å². The van der Waals surface area contributed by atoms with E-state index in [1.807, 2.05) is 12.1 Å². The second-order valence-corrected chi connectivity index (χ2v) is 5.60. The van der Waals surface area contributed by atoms with Crippen LogP contribution in [-0.4, -0.2) is 26.8 Å². The zero-order valence-electron chi connectivity index (χ0n) is 10.7. The Hall–Kier alpha value is -0.580. The van der Waals surface area contributed by atoms with Gasteiger partial charge >= 0.3 is 0 Å². The Morgan fingerprint density at radius 2 is 2.33 bits per heavy atom. The van der Waals surface area contributed by atoms with Crippen molar-refractivity contribution < 1.29 is 9.47 Å². The van der Waals surface area contributed by atoms with Gasteiger partial charge in [0.05, 0.1) is 20.3 Å². The van der Waals surface area contributed by atoms with Crippen LogP contribution in [0.2, 0.25) is 0 Å². The van der Waals surface area contributed by atoms with Crippen LogP contribution < -0.4 is 10.1 Å². The van der Waals surface area contributed by atoms with E-state index in [-0.39, 0.29) is 0 Å². The van der Waals surface area contributed by atoms with E-state index >= 15 is 0 Å². The molecule has 0 bridgehead atoms. The van der Waals surface area contributed by atoms with Crippen LogP contribution in [0, 0.1) is 5.92 Å². The first-order chi connectivity index (χ1) is 8.79. The summed E-state index contributed by atoms with van der Waals surface area (Å²) in [4.78, 5) is 0. The summed E-state index contributed by atoms with van der Waals surface area (Å²) in [6.45, 7) is 3.66. The summed E-state index contributed by atoms with van der Waals surface area (Å²) < 4.78 is 12.2. The van der Waals surface area contributed by atoms with Crippen molar-refractivity contribution in [2.45, 2.75) is 19.4 Å². The lowest BCUT2D eigenvalue weighted by Gasteiger charge is -2.22. The fourth-order valence-electron chi connectivity index (χ4n) is 2.26. The van der Waals surface area contributed by atoms with Gasteiger partial charge in [0.15, 0.2) is 0 Å². The second kappa shape index (κ2) is 7.12. The lowest BCUT2D eigenvalue weighted by molar-refractivity contribution is 0.0770. The Morgan fingerprint density at radius 3 is 3.06 bits per heavy atom. The summed E-state index contributed by atoms with van der Waals surface area (Å²) >= 11 is 3.47. The van der Waals surface area contributed by atoms with Gasteiger partial charge in [0, 0.05) is 16.6 Å². The molecule has 1 aromatic carbocycles. The maximum absolute atomic E-state index is 5.82. The highest BCUT2D eigenvalue weighted by Crippen LogP contribution is 2.24. The van der Waals surface area contributed by atoms with Gasteiger partial charge in [-0.25, -0.2) is 0 Å². The molecule has 1 aliphatic heterocycles. The minimum atomic E-state index is 0.610. The average molecular weight is 314 g/mol. The molecule has 1 N–H and O–H groups in total. The van der Waals surface area contributed by atoms with E-state index in [1.54, 1.807) is 7.11 Å². The summed E-state index contributed by atoms with van der Waals surface area (Å²) in [6.07, 6.45) is 2.52. The number of hydrogen-bond acceptors (Lipinski definition) is 3. The molecule has 1 aromatic rings. The number of ether oxygens (including phenoxy) is 2. The molecule has 0 aliphatic carbocycles. The molecule has 1 heterocycles. The van der Waals surface area contributed by atoms with Crippen molar-refractivity contribution in [3.05, 3.63) is 28.2 Å². The molecule has 2 rings (SSSR count). The molecule has 1 unspecified atom stereocenters. The van der Waals surface area contributed by atoms with Crippen molar-refractivity contribution >= 4 is 15.9 Å². The van der Waals surface area contributed by atoms with Gasteiger partial charge in [-0.3, -0.25) is 0 Å². The number of halogens is 1. The van der Waals surface area contributed by atoms with E-state index in [4.69, 9.17) is 9.47 Å². The van der Waals surface area contributed by atoms with Crippen LogP contribution in [-0.2, 0) is 11.3 Å². The van der Waals surface area contributed by atoms with Crippen LogP contribution in [0.4, 0.5) is 0 Å². The van der Waals surface area contributed by atoms with Gasteiger partial charge in [0.1, 0.15) is 5.75 Å². The Bertz CT molecular complexity index is 378. The SMILES string of the molecule is COc1ccc(Br)cc1COCC1CCCNC1. The molecular weight excluding hydrogens is 294 g/mol. The fourth-order valence-corrected chi connectivity index (χ4v) is 2.67. The second-order valence-electron chi connectivity index (χ2n) is 4.68. The van der Waals surface area contributed by atoms with E-state index < -0.39 is 0 Å². The zero-order valence-corrected chi connectivity index (χ0v) is 12.3. The first kappa shape index (κ1) is 13.8. The van der Waals surface area contributed by atoms with Gasteiger partial charge in [-0.15, -0.1) is 0 Å². The molecule has 3 nitrogen and oxygen atoms in total. The highest BCUT2D eigenvalue weighted by atomic mass is 79.9. The average Bonchev–Trinajstić information content (AvgIpc) is 2.40. The molecular formula is C14H20BrNO2. The number of hydrogen-bond donors (Lipinski definition) is 1. The Labute approximate surface area is 117 Å². The summed E-state index contributed by atoms with van der Waals surface area (Å²) in [5, 5.41) is 3.40. The van der Waals surface area contributed by atoms with Crippen LogP contribution in [0.15, 0.2) is 22.7 Å². The third-order valence-corrected chi connectivity index (χ3v) is 3.75. The van der Waals surface area contributed by atoms with Crippen molar-refractivity contribution in [1.82, 2.24) is 5.32 Å². The number of benzene rings is 1. The van der Waals surface area contributed by atoms with Gasteiger partial charge in [0.2, 0.25) is 0 Å². The van der Waals surface area contributed by atoms with E-state index in [0.717, 1.165) is 35.5 Å². The summed E-state index contributed by atoms with van der Waals surface area (Å²) in [5.74, 6) is 1.54. The van der Waals surface area contributed by atoms with Crippen LogP contribution in [0.25, 0.3) is 0 Å². The molecule has 1 aliphatic rings. The lowest BCUT2D eigenvalue weighted by atomic mass is 10.0. The topological polar surface area (TPSA) is 30.5 Å². The number of rotatable bonds is 5. The van der Waals surface area contributed by atoms with Crippen molar-refractivity contribution in [2.75, 3.05) is 26.8 Å². The van der Waals surface area contributed by atoms with E-state index in [9.17, 15) is 0 Å². The molecule has 4 heteroatoms. The normalized spacial score (nSPS) is 19.8. The largest absolute Gasteiger partial charge is 0.496 e. The Morgan fingerprint density at radius 1 is 1.44 bits per heavy atom. The van der Waals surface area contributed by atoms with Gasteiger partial charge in [-0.2, -0.15) is 0 Å². The van der Waals surface area contributed by atoms with Crippen LogP contribution in [0.5, 0.6) is 5.75 Å². The Kier molecular flexibility index (Phi) is 5.47. The molecule has 0 aromatic heterocycles. The molecule has 100 valence electrons. The smallest absolute Gasteiger partial charge is 0.124 e.